The van der Waals surface area contributed by atoms with E-state index in [1.165, 1.54) is 6.21 Å². The Morgan fingerprint density at radius 3 is 2.75 bits per heavy atom. The molecule has 0 aliphatic heterocycles. The number of H-pyrrole nitrogens is 1. The highest BCUT2D eigenvalue weighted by molar-refractivity contribution is 7.71. The molecule has 128 valence electrons. The fourth-order valence-electron chi connectivity index (χ4n) is 1.91. The lowest BCUT2D eigenvalue weighted by Crippen LogP contribution is -2.22. The van der Waals surface area contributed by atoms with Gasteiger partial charge in [-0.15, -0.1) is 0 Å². The number of ether oxygens (including phenoxy) is 2. The fourth-order valence-corrected chi connectivity index (χ4v) is 2.36. The van der Waals surface area contributed by atoms with Crippen LogP contribution in [-0.4, -0.2) is 34.3 Å². The third-order valence-electron chi connectivity index (χ3n) is 2.96. The first-order valence-electron chi connectivity index (χ1n) is 7.29. The Hall–Kier alpha value is -2.19. The van der Waals surface area contributed by atoms with E-state index in [9.17, 15) is 4.79 Å². The van der Waals surface area contributed by atoms with Crippen LogP contribution in [0.25, 0.3) is 0 Å². The van der Waals surface area contributed by atoms with Gasteiger partial charge in [0.15, 0.2) is 11.5 Å². The van der Waals surface area contributed by atoms with Gasteiger partial charge >= 0.3 is 0 Å². The summed E-state index contributed by atoms with van der Waals surface area (Å²) in [6.45, 7) is 6.23. The van der Waals surface area contributed by atoms with Gasteiger partial charge in [0, 0.05) is 0 Å². The van der Waals surface area contributed by atoms with Gasteiger partial charge in [-0.1, -0.05) is 11.6 Å². The van der Waals surface area contributed by atoms with Crippen LogP contribution in [0.1, 0.15) is 25.1 Å². The second-order valence-corrected chi connectivity index (χ2v) is 5.47. The summed E-state index contributed by atoms with van der Waals surface area (Å²) in [5, 5.41) is 10.8. The highest BCUT2D eigenvalue weighted by Crippen LogP contribution is 2.36. The molecule has 7 nitrogen and oxygen atoms in total. The summed E-state index contributed by atoms with van der Waals surface area (Å²) in [4.78, 5) is 12.0. The van der Waals surface area contributed by atoms with Crippen LogP contribution in [0.2, 0.25) is 5.02 Å². The van der Waals surface area contributed by atoms with Crippen molar-refractivity contribution in [2.45, 2.75) is 20.8 Å². The van der Waals surface area contributed by atoms with Crippen LogP contribution in [0.15, 0.2) is 22.0 Å². The molecule has 0 saturated carbocycles. The zero-order chi connectivity index (χ0) is 17.7. The number of nitrogens with zero attached hydrogens (tertiary/aromatic N) is 3. The fraction of sp³-hybridized carbons (Fsp3) is 0.333. The van der Waals surface area contributed by atoms with E-state index in [0.29, 0.717) is 35.3 Å². The molecule has 0 aliphatic carbocycles. The van der Waals surface area contributed by atoms with Gasteiger partial charge in [0.25, 0.3) is 5.56 Å². The number of hydrogen-bond donors (Lipinski definition) is 1. The standard InChI is InChI=1S/C15H17ClN4O3S/c1-4-22-12-7-10(6-11(16)13(12)23-5-2)8-17-20-14(21)9(3)18-19-15(20)24/h6-8H,4-5H2,1-3H3,(H,19,24)/b17-8-. The van der Waals surface area contributed by atoms with Gasteiger partial charge in [-0.3, -0.25) is 9.89 Å². The third-order valence-corrected chi connectivity index (χ3v) is 3.50. The van der Waals surface area contributed by atoms with E-state index in [1.54, 1.807) is 19.1 Å². The summed E-state index contributed by atoms with van der Waals surface area (Å²) in [5.41, 5.74) is 0.514. The van der Waals surface area contributed by atoms with E-state index in [4.69, 9.17) is 33.3 Å². The van der Waals surface area contributed by atoms with Crippen molar-refractivity contribution >= 4 is 30.0 Å². The van der Waals surface area contributed by atoms with Crippen molar-refractivity contribution in [3.63, 3.8) is 0 Å². The van der Waals surface area contributed by atoms with Gasteiger partial charge in [-0.25, -0.2) is 0 Å². The van der Waals surface area contributed by atoms with E-state index in [1.807, 2.05) is 13.8 Å². The lowest BCUT2D eigenvalue weighted by atomic mass is 10.2. The number of rotatable bonds is 6. The van der Waals surface area contributed by atoms with E-state index < -0.39 is 5.56 Å². The Bertz CT molecular complexity index is 876. The number of aromatic nitrogens is 3. The van der Waals surface area contributed by atoms with Gasteiger partial charge in [-0.2, -0.15) is 14.9 Å². The molecule has 24 heavy (non-hydrogen) atoms. The molecule has 0 saturated heterocycles. The molecule has 0 fully saturated rings. The number of aryl methyl sites for hydroxylation is 1. The molecule has 1 aromatic heterocycles. The molecule has 0 amide bonds. The Morgan fingerprint density at radius 2 is 2.08 bits per heavy atom. The lowest BCUT2D eigenvalue weighted by molar-refractivity contribution is 0.288. The van der Waals surface area contributed by atoms with Crippen molar-refractivity contribution < 1.29 is 9.47 Å². The molecular weight excluding hydrogens is 352 g/mol. The number of halogens is 1. The van der Waals surface area contributed by atoms with Crippen molar-refractivity contribution in [2.24, 2.45) is 5.10 Å². The monoisotopic (exact) mass is 368 g/mol. The van der Waals surface area contributed by atoms with Gasteiger partial charge in [0.05, 0.1) is 24.5 Å². The smallest absolute Gasteiger partial charge is 0.296 e. The minimum absolute atomic E-state index is 0.101. The van der Waals surface area contributed by atoms with Gasteiger partial charge < -0.3 is 9.47 Å². The minimum Gasteiger partial charge on any atom is -0.490 e. The summed E-state index contributed by atoms with van der Waals surface area (Å²) >= 11 is 11.3. The summed E-state index contributed by atoms with van der Waals surface area (Å²) < 4.78 is 12.2. The van der Waals surface area contributed by atoms with Crippen LogP contribution in [-0.2, 0) is 0 Å². The van der Waals surface area contributed by atoms with Crippen LogP contribution in [0, 0.1) is 11.7 Å². The highest BCUT2D eigenvalue weighted by atomic mass is 35.5. The van der Waals surface area contributed by atoms with Crippen LogP contribution in [0.3, 0.4) is 0 Å². The van der Waals surface area contributed by atoms with Crippen LogP contribution < -0.4 is 15.0 Å². The summed E-state index contributed by atoms with van der Waals surface area (Å²) in [6, 6.07) is 3.40. The summed E-state index contributed by atoms with van der Waals surface area (Å²) in [5.74, 6) is 0.990. The molecule has 2 aromatic rings. The van der Waals surface area contributed by atoms with Crippen LogP contribution in [0.4, 0.5) is 0 Å². The zero-order valence-electron chi connectivity index (χ0n) is 13.5. The number of benzene rings is 1. The molecular formula is C15H17ClN4O3S. The first-order valence-corrected chi connectivity index (χ1v) is 8.08. The predicted molar refractivity (Wildman–Crippen MR) is 95.2 cm³/mol. The van der Waals surface area contributed by atoms with E-state index in [-0.39, 0.29) is 10.5 Å². The molecule has 0 radical (unpaired) electrons. The average Bonchev–Trinajstić information content (AvgIpc) is 2.54. The van der Waals surface area contributed by atoms with Crippen LogP contribution >= 0.6 is 23.8 Å². The maximum atomic E-state index is 12.0. The quantitative estimate of drug-likeness (QED) is 0.626. The minimum atomic E-state index is -0.392. The number of nitrogens with one attached hydrogen (secondary N) is 1. The van der Waals surface area contributed by atoms with Crippen molar-refractivity contribution in [1.82, 2.24) is 14.9 Å². The predicted octanol–water partition coefficient (Wildman–Crippen LogP) is 2.94. The highest BCUT2D eigenvalue weighted by Gasteiger charge is 2.11. The Balaban J connectivity index is 2.45. The molecule has 0 unspecified atom stereocenters. The second kappa shape index (κ2) is 8.07. The van der Waals surface area contributed by atoms with Crippen molar-refractivity contribution in [1.29, 1.82) is 0 Å². The molecule has 0 atom stereocenters. The van der Waals surface area contributed by atoms with Crippen LogP contribution in [0.5, 0.6) is 11.5 Å². The normalized spacial score (nSPS) is 11.0. The first kappa shape index (κ1) is 18.2. The summed E-state index contributed by atoms with van der Waals surface area (Å²) in [7, 11) is 0. The van der Waals surface area contributed by atoms with Crippen molar-refractivity contribution in [3.05, 3.63) is 43.5 Å². The van der Waals surface area contributed by atoms with E-state index in [2.05, 4.69) is 15.3 Å². The largest absolute Gasteiger partial charge is 0.490 e. The molecule has 9 heteroatoms. The number of aromatic amines is 1. The first-order chi connectivity index (χ1) is 11.5. The maximum Gasteiger partial charge on any atom is 0.296 e. The van der Waals surface area contributed by atoms with E-state index in [0.717, 1.165) is 4.68 Å². The zero-order valence-corrected chi connectivity index (χ0v) is 15.1. The molecule has 0 bridgehead atoms. The molecule has 1 aromatic carbocycles. The molecule has 2 rings (SSSR count). The van der Waals surface area contributed by atoms with E-state index >= 15 is 0 Å². The van der Waals surface area contributed by atoms with Gasteiger partial charge in [0.2, 0.25) is 4.77 Å². The Morgan fingerprint density at radius 1 is 1.38 bits per heavy atom. The Labute approximate surface area is 148 Å². The molecule has 0 spiro atoms. The molecule has 0 aliphatic rings. The molecule has 1 N–H and O–H groups in total. The van der Waals surface area contributed by atoms with Gasteiger partial charge in [-0.05, 0) is 50.7 Å². The SMILES string of the molecule is CCOc1cc(/C=N\n2c(=S)[nH]nc(C)c2=O)cc(Cl)c1OCC. The molecule has 1 heterocycles. The summed E-state index contributed by atoms with van der Waals surface area (Å²) in [6.07, 6.45) is 1.47. The van der Waals surface area contributed by atoms with Crippen molar-refractivity contribution in [2.75, 3.05) is 13.2 Å². The number of hydrogen-bond acceptors (Lipinski definition) is 6. The second-order valence-electron chi connectivity index (χ2n) is 4.67. The lowest BCUT2D eigenvalue weighted by Gasteiger charge is -2.13. The topological polar surface area (TPSA) is 81.5 Å². The average molecular weight is 369 g/mol. The third kappa shape index (κ3) is 4.01. The Kier molecular flexibility index (Phi) is 6.10. The van der Waals surface area contributed by atoms with Gasteiger partial charge in [0.1, 0.15) is 5.69 Å². The van der Waals surface area contributed by atoms with Crippen molar-refractivity contribution in [3.8, 4) is 11.5 Å². The maximum absolute atomic E-state index is 12.0.